The number of rotatable bonds is 7. The first-order chi connectivity index (χ1) is 17.9. The van der Waals surface area contributed by atoms with E-state index in [4.69, 9.17) is 10.5 Å². The molecule has 2 fully saturated rings. The number of amides is 2. The smallest absolute Gasteiger partial charge is 0.253 e. The lowest BCUT2D eigenvalue weighted by Crippen LogP contribution is -2.52. The van der Waals surface area contributed by atoms with Crippen molar-refractivity contribution in [1.82, 2.24) is 30.2 Å². The monoisotopic (exact) mass is 507 g/mol. The summed E-state index contributed by atoms with van der Waals surface area (Å²) in [6.07, 6.45) is 9.45. The van der Waals surface area contributed by atoms with Crippen LogP contribution >= 0.6 is 0 Å². The maximum absolute atomic E-state index is 13.4. The number of ether oxygens (including phenoxy) is 1. The molecule has 5 rings (SSSR count). The van der Waals surface area contributed by atoms with E-state index in [0.29, 0.717) is 48.3 Å². The van der Waals surface area contributed by atoms with Crippen molar-refractivity contribution in [3.05, 3.63) is 36.3 Å². The highest BCUT2D eigenvalue weighted by molar-refractivity contribution is 6.05. The van der Waals surface area contributed by atoms with Crippen molar-refractivity contribution >= 4 is 23.1 Å². The van der Waals surface area contributed by atoms with Crippen LogP contribution < -0.4 is 21.1 Å². The average Bonchev–Trinajstić information content (AvgIpc) is 3.55. The predicted molar refractivity (Wildman–Crippen MR) is 137 cm³/mol. The van der Waals surface area contributed by atoms with Gasteiger partial charge < -0.3 is 26.2 Å². The fourth-order valence-electron chi connectivity index (χ4n) is 5.63. The van der Waals surface area contributed by atoms with Gasteiger partial charge in [-0.05, 0) is 50.7 Å². The predicted octanol–water partition coefficient (Wildman–Crippen LogP) is 2.09. The third kappa shape index (κ3) is 4.95. The Morgan fingerprint density at radius 1 is 1.19 bits per heavy atom. The minimum absolute atomic E-state index is 0.0153. The zero-order valence-electron chi connectivity index (χ0n) is 20.9. The number of fused-ring (bicyclic) bond motifs is 1. The van der Waals surface area contributed by atoms with Gasteiger partial charge in [0, 0.05) is 29.8 Å². The van der Waals surface area contributed by atoms with E-state index >= 15 is 0 Å². The lowest BCUT2D eigenvalue weighted by Gasteiger charge is -2.33. The molecule has 3 aromatic heterocycles. The fraction of sp³-hybridized carbons (Fsp3) is 0.500. The van der Waals surface area contributed by atoms with Gasteiger partial charge in [0.2, 0.25) is 11.8 Å². The minimum atomic E-state index is -0.461. The zero-order valence-corrected chi connectivity index (χ0v) is 20.9. The van der Waals surface area contributed by atoms with Crippen LogP contribution in [0.1, 0.15) is 61.7 Å². The Morgan fingerprint density at radius 3 is 2.65 bits per heavy atom. The van der Waals surface area contributed by atoms with E-state index in [9.17, 15) is 14.7 Å². The van der Waals surface area contributed by atoms with Gasteiger partial charge in [-0.25, -0.2) is 14.5 Å². The largest absolute Gasteiger partial charge is 0.481 e. The van der Waals surface area contributed by atoms with Crippen molar-refractivity contribution in [3.8, 4) is 17.1 Å². The summed E-state index contributed by atoms with van der Waals surface area (Å²) in [7, 11) is 1.54. The second kappa shape index (κ2) is 10.3. The van der Waals surface area contributed by atoms with Crippen molar-refractivity contribution in [3.63, 3.8) is 0 Å². The number of nitrogens with zero attached hydrogens (tertiary/aromatic N) is 4. The molecule has 3 aromatic rings. The number of nitrogens with two attached hydrogens (primary N) is 1. The SMILES string of the molecule is COc1cc(-c2cc(C(=O)NC3CCC(C(=O)NC4(CO)CCCC4)CC3)c3c(N)ncnn23)ccn1. The normalized spacial score (nSPS) is 21.0. The molecule has 11 heteroatoms. The Hall–Kier alpha value is -3.73. The van der Waals surface area contributed by atoms with E-state index in [1.807, 2.05) is 6.07 Å². The van der Waals surface area contributed by atoms with Crippen LogP contribution in [0, 0.1) is 5.92 Å². The molecule has 0 saturated heterocycles. The molecule has 3 heterocycles. The van der Waals surface area contributed by atoms with Gasteiger partial charge in [-0.2, -0.15) is 5.10 Å². The number of aliphatic hydroxyl groups is 1. The molecule has 2 aliphatic rings. The molecule has 0 radical (unpaired) electrons. The number of hydrogen-bond acceptors (Lipinski definition) is 8. The first-order valence-electron chi connectivity index (χ1n) is 12.8. The highest BCUT2D eigenvalue weighted by Gasteiger charge is 2.37. The molecule has 2 aliphatic carbocycles. The zero-order chi connectivity index (χ0) is 26.0. The molecule has 0 aromatic carbocycles. The topological polar surface area (TPSA) is 157 Å². The number of hydrogen-bond donors (Lipinski definition) is 4. The first kappa shape index (κ1) is 24.9. The Morgan fingerprint density at radius 2 is 1.95 bits per heavy atom. The van der Waals surface area contributed by atoms with Crippen LogP contribution in [0.3, 0.4) is 0 Å². The fourth-order valence-corrected chi connectivity index (χ4v) is 5.63. The Labute approximate surface area is 214 Å². The molecule has 196 valence electrons. The third-order valence-corrected chi connectivity index (χ3v) is 7.75. The van der Waals surface area contributed by atoms with Crippen LogP contribution in [0.4, 0.5) is 5.82 Å². The summed E-state index contributed by atoms with van der Waals surface area (Å²) in [5.41, 5.74) is 7.96. The van der Waals surface area contributed by atoms with Crippen LogP contribution in [-0.2, 0) is 4.79 Å². The molecule has 11 nitrogen and oxygen atoms in total. The number of methoxy groups -OCH3 is 1. The standard InChI is InChI=1S/C26H33N7O4/c1-37-21-12-17(8-11-28-21)20-13-19(22-23(27)29-15-30-33(20)22)25(36)31-18-6-4-16(5-7-18)24(35)32-26(14-34)9-2-3-10-26/h8,11-13,15-16,18,34H,2-7,9-10,14H2,1H3,(H,31,36)(H,32,35)(H2,27,29,30). The molecule has 0 bridgehead atoms. The first-order valence-corrected chi connectivity index (χ1v) is 12.8. The van der Waals surface area contributed by atoms with Crippen LogP contribution in [0.15, 0.2) is 30.7 Å². The number of nitrogen functional groups attached to an aromatic ring is 1. The van der Waals surface area contributed by atoms with Gasteiger partial charge in [0.05, 0.1) is 30.5 Å². The second-order valence-electron chi connectivity index (χ2n) is 10.1. The van der Waals surface area contributed by atoms with Crippen LogP contribution in [0.2, 0.25) is 0 Å². The van der Waals surface area contributed by atoms with E-state index in [0.717, 1.165) is 31.2 Å². The van der Waals surface area contributed by atoms with Crippen LogP contribution in [-0.4, -0.2) is 61.8 Å². The third-order valence-electron chi connectivity index (χ3n) is 7.75. The number of anilines is 1. The number of pyridine rings is 1. The molecular weight excluding hydrogens is 474 g/mol. The molecule has 0 atom stereocenters. The molecule has 0 spiro atoms. The van der Waals surface area contributed by atoms with Crippen molar-refractivity contribution in [2.75, 3.05) is 19.5 Å². The van der Waals surface area contributed by atoms with Crippen LogP contribution in [0.25, 0.3) is 16.8 Å². The maximum atomic E-state index is 13.4. The highest BCUT2D eigenvalue weighted by atomic mass is 16.5. The van der Waals surface area contributed by atoms with Gasteiger partial charge in [0.1, 0.15) is 11.8 Å². The van der Waals surface area contributed by atoms with E-state index < -0.39 is 5.54 Å². The number of aliphatic hydroxyl groups excluding tert-OH is 1. The van der Waals surface area contributed by atoms with Crippen molar-refractivity contribution in [1.29, 1.82) is 0 Å². The summed E-state index contributed by atoms with van der Waals surface area (Å²) in [6, 6.07) is 5.27. The lowest BCUT2D eigenvalue weighted by atomic mass is 9.84. The number of carbonyl (C=O) groups is 2. The van der Waals surface area contributed by atoms with Crippen LogP contribution in [0.5, 0.6) is 5.88 Å². The van der Waals surface area contributed by atoms with Gasteiger partial charge in [-0.3, -0.25) is 9.59 Å². The van der Waals surface area contributed by atoms with Gasteiger partial charge in [-0.1, -0.05) is 12.8 Å². The number of nitrogens with one attached hydrogen (secondary N) is 2. The molecule has 0 aliphatic heterocycles. The van der Waals surface area contributed by atoms with Gasteiger partial charge in [0.25, 0.3) is 5.91 Å². The molecule has 2 saturated carbocycles. The van der Waals surface area contributed by atoms with Crippen molar-refractivity contribution < 1.29 is 19.4 Å². The van der Waals surface area contributed by atoms with E-state index in [-0.39, 0.29) is 36.2 Å². The number of aromatic nitrogens is 4. The summed E-state index contributed by atoms with van der Waals surface area (Å²) in [6.45, 7) is -0.0170. The van der Waals surface area contributed by atoms with Gasteiger partial charge in [-0.15, -0.1) is 0 Å². The number of carbonyl (C=O) groups excluding carboxylic acids is 2. The summed E-state index contributed by atoms with van der Waals surface area (Å²) in [5.74, 6) is 0.298. The molecule has 37 heavy (non-hydrogen) atoms. The van der Waals surface area contributed by atoms with Crippen molar-refractivity contribution in [2.45, 2.75) is 62.9 Å². The Balaban J connectivity index is 1.29. The van der Waals surface area contributed by atoms with Crippen molar-refractivity contribution in [2.24, 2.45) is 5.92 Å². The summed E-state index contributed by atoms with van der Waals surface area (Å²) in [5, 5.41) is 20.4. The summed E-state index contributed by atoms with van der Waals surface area (Å²) >= 11 is 0. The maximum Gasteiger partial charge on any atom is 0.253 e. The van der Waals surface area contributed by atoms with Gasteiger partial charge >= 0.3 is 0 Å². The second-order valence-corrected chi connectivity index (χ2v) is 10.1. The quantitative estimate of drug-likeness (QED) is 0.379. The molecular formula is C26H33N7O4. The molecule has 2 amide bonds. The Bertz CT molecular complexity index is 1290. The van der Waals surface area contributed by atoms with E-state index in [2.05, 4.69) is 25.7 Å². The highest BCUT2D eigenvalue weighted by Crippen LogP contribution is 2.32. The molecule has 0 unspecified atom stereocenters. The van der Waals surface area contributed by atoms with E-state index in [1.165, 1.54) is 6.33 Å². The Kier molecular flexibility index (Phi) is 6.96. The van der Waals surface area contributed by atoms with Gasteiger partial charge in [0.15, 0.2) is 5.82 Å². The molecule has 5 N–H and O–H groups in total. The summed E-state index contributed by atoms with van der Waals surface area (Å²) < 4.78 is 6.85. The minimum Gasteiger partial charge on any atom is -0.481 e. The summed E-state index contributed by atoms with van der Waals surface area (Å²) in [4.78, 5) is 34.5. The lowest BCUT2D eigenvalue weighted by molar-refractivity contribution is -0.128. The average molecular weight is 508 g/mol. The van der Waals surface area contributed by atoms with E-state index in [1.54, 1.807) is 30.0 Å².